The van der Waals surface area contributed by atoms with Crippen molar-refractivity contribution in [2.75, 3.05) is 54.2 Å². The average molecular weight is 500 g/mol. The summed E-state index contributed by atoms with van der Waals surface area (Å²) in [6.45, 7) is 5.28. The second-order valence-electron chi connectivity index (χ2n) is 10.3. The van der Waals surface area contributed by atoms with Crippen molar-refractivity contribution in [2.45, 2.75) is 103 Å². The molecule has 0 radical (unpaired) electrons. The number of rotatable bonds is 24. The highest BCUT2D eigenvalue weighted by Crippen LogP contribution is 2.42. The molecule has 1 fully saturated rings. The summed E-state index contributed by atoms with van der Waals surface area (Å²) in [5.74, 6) is 1.16. The van der Waals surface area contributed by atoms with Gasteiger partial charge in [0.05, 0.1) is 33.0 Å². The summed E-state index contributed by atoms with van der Waals surface area (Å²) < 4.78 is 21.6. The molecule has 0 amide bonds. The van der Waals surface area contributed by atoms with Crippen molar-refractivity contribution in [3.63, 3.8) is 0 Å². The van der Waals surface area contributed by atoms with Gasteiger partial charge < -0.3 is 23.8 Å². The molecule has 0 N–H and O–H groups in total. The van der Waals surface area contributed by atoms with Gasteiger partial charge in [-0.1, -0.05) is 58.3 Å². The summed E-state index contributed by atoms with van der Waals surface area (Å²) in [4.78, 5) is 25.2. The van der Waals surface area contributed by atoms with Crippen molar-refractivity contribution >= 4 is 11.9 Å². The monoisotopic (exact) mass is 499 g/mol. The zero-order valence-corrected chi connectivity index (χ0v) is 23.1. The van der Waals surface area contributed by atoms with Crippen LogP contribution in [0.5, 0.6) is 0 Å². The van der Waals surface area contributed by atoms with Gasteiger partial charge in [-0.2, -0.15) is 0 Å². The van der Waals surface area contributed by atoms with E-state index in [1.807, 2.05) is 14.1 Å². The number of methoxy groups -OCH3 is 1. The van der Waals surface area contributed by atoms with Gasteiger partial charge in [-0.05, 0) is 51.6 Å². The molecule has 7 nitrogen and oxygen atoms in total. The lowest BCUT2D eigenvalue weighted by atomic mass is 10.1. The molecule has 1 aliphatic carbocycles. The van der Waals surface area contributed by atoms with Crippen LogP contribution in [-0.4, -0.2) is 77.1 Å². The first-order valence-electron chi connectivity index (χ1n) is 14.0. The Morgan fingerprint density at radius 1 is 0.800 bits per heavy atom. The van der Waals surface area contributed by atoms with E-state index in [0.717, 1.165) is 25.2 Å². The second-order valence-corrected chi connectivity index (χ2v) is 10.3. The molecule has 1 saturated carbocycles. The van der Waals surface area contributed by atoms with Crippen molar-refractivity contribution in [3.05, 3.63) is 0 Å². The lowest BCUT2D eigenvalue weighted by molar-refractivity contribution is -0.144. The smallest absolute Gasteiger partial charge is 0.305 e. The highest BCUT2D eigenvalue weighted by Gasteiger charge is 2.37. The predicted molar refractivity (Wildman–Crippen MR) is 139 cm³/mol. The van der Waals surface area contributed by atoms with Gasteiger partial charge in [-0.15, -0.1) is 0 Å². The van der Waals surface area contributed by atoms with Crippen molar-refractivity contribution in [1.29, 1.82) is 0 Å². The molecule has 35 heavy (non-hydrogen) atoms. The Kier molecular flexibility index (Phi) is 19.1. The molecule has 1 aliphatic rings. The fraction of sp³-hybridized carbons (Fsp3) is 0.929. The summed E-state index contributed by atoms with van der Waals surface area (Å²) in [7, 11) is 5.42. The van der Waals surface area contributed by atoms with Crippen LogP contribution in [0.2, 0.25) is 0 Å². The van der Waals surface area contributed by atoms with Gasteiger partial charge in [0.25, 0.3) is 0 Å². The summed E-state index contributed by atoms with van der Waals surface area (Å²) >= 11 is 0. The Bertz CT molecular complexity index is 542. The molecule has 0 aromatic carbocycles. The Labute approximate surface area is 214 Å². The molecule has 0 heterocycles. The number of hydrogen-bond acceptors (Lipinski definition) is 7. The highest BCUT2D eigenvalue weighted by molar-refractivity contribution is 5.69. The molecule has 0 saturated heterocycles. The number of unbranched alkanes of at least 4 members (excludes halogenated alkanes) is 7. The summed E-state index contributed by atoms with van der Waals surface area (Å²) in [5, 5.41) is 0. The van der Waals surface area contributed by atoms with Gasteiger partial charge in [-0.25, -0.2) is 0 Å². The molecular formula is C28H53NO6. The van der Waals surface area contributed by atoms with Gasteiger partial charge in [0.15, 0.2) is 0 Å². The average Bonchev–Trinajstić information content (AvgIpc) is 3.60. The number of esters is 2. The van der Waals surface area contributed by atoms with E-state index < -0.39 is 0 Å². The van der Waals surface area contributed by atoms with Crippen LogP contribution in [0.15, 0.2) is 0 Å². The van der Waals surface area contributed by atoms with E-state index in [1.54, 1.807) is 0 Å². The quantitative estimate of drug-likeness (QED) is 0.130. The lowest BCUT2D eigenvalue weighted by Gasteiger charge is -2.24. The zero-order chi connectivity index (χ0) is 25.7. The number of likely N-dealkylation sites (N-methyl/N-ethyl adjacent to an activating group) is 1. The molecule has 0 aliphatic heterocycles. The molecule has 7 heteroatoms. The van der Waals surface area contributed by atoms with Crippen LogP contribution in [-0.2, 0) is 28.5 Å². The molecular weight excluding hydrogens is 446 g/mol. The standard InChI is InChI=1S/C28H53NO6/c1-5-6-7-8-9-11-15-24-20-25(24)21-35-28(31)16-12-10-13-18-33-22-26(29(2)3)23-34-19-14-17-27(30)32-4/h24-26H,5-23H2,1-4H3. The molecule has 0 spiro atoms. The predicted octanol–water partition coefficient (Wildman–Crippen LogP) is 5.39. The third kappa shape index (κ3) is 17.8. The van der Waals surface area contributed by atoms with Gasteiger partial charge in [0.2, 0.25) is 0 Å². The maximum absolute atomic E-state index is 12.0. The molecule has 1 rings (SSSR count). The topological polar surface area (TPSA) is 74.3 Å². The number of nitrogens with zero attached hydrogens (tertiary/aromatic N) is 1. The molecule has 3 unspecified atom stereocenters. The molecule has 0 aromatic heterocycles. The summed E-state index contributed by atoms with van der Waals surface area (Å²) in [6.07, 6.45) is 15.0. The molecule has 3 atom stereocenters. The number of hydrogen-bond donors (Lipinski definition) is 0. The van der Waals surface area contributed by atoms with Crippen LogP contribution in [0.1, 0.15) is 96.8 Å². The first-order valence-corrected chi connectivity index (χ1v) is 14.0. The lowest BCUT2D eigenvalue weighted by Crippen LogP contribution is -2.37. The maximum atomic E-state index is 12.0. The third-order valence-corrected chi connectivity index (χ3v) is 6.87. The molecule has 0 bridgehead atoms. The Morgan fingerprint density at radius 2 is 1.43 bits per heavy atom. The van der Waals surface area contributed by atoms with Gasteiger partial charge in [0.1, 0.15) is 0 Å². The maximum Gasteiger partial charge on any atom is 0.305 e. The number of carbonyl (C=O) groups is 2. The van der Waals surface area contributed by atoms with Gasteiger partial charge >= 0.3 is 11.9 Å². The minimum Gasteiger partial charge on any atom is -0.469 e. The van der Waals surface area contributed by atoms with Crippen molar-refractivity contribution in [3.8, 4) is 0 Å². The summed E-state index contributed by atoms with van der Waals surface area (Å²) in [5.41, 5.74) is 0. The van der Waals surface area contributed by atoms with Crippen molar-refractivity contribution in [2.24, 2.45) is 11.8 Å². The minimum absolute atomic E-state index is 0.0480. The zero-order valence-electron chi connectivity index (χ0n) is 23.1. The fourth-order valence-corrected chi connectivity index (χ4v) is 4.18. The van der Waals surface area contributed by atoms with Crippen molar-refractivity contribution in [1.82, 2.24) is 4.90 Å². The van der Waals surface area contributed by atoms with Crippen LogP contribution in [0.4, 0.5) is 0 Å². The molecule has 206 valence electrons. The van der Waals surface area contributed by atoms with E-state index in [1.165, 1.54) is 58.5 Å². The SMILES string of the molecule is CCCCCCCCC1CC1COC(=O)CCCCCOCC(COCCCC(=O)OC)N(C)C. The van der Waals surface area contributed by atoms with Crippen LogP contribution in [0.25, 0.3) is 0 Å². The minimum atomic E-state index is -0.204. The van der Waals surface area contributed by atoms with E-state index in [0.29, 0.717) is 58.2 Å². The van der Waals surface area contributed by atoms with E-state index in [4.69, 9.17) is 14.2 Å². The Balaban J connectivity index is 1.92. The van der Waals surface area contributed by atoms with Crippen molar-refractivity contribution < 1.29 is 28.5 Å². The first-order chi connectivity index (χ1) is 17.0. The van der Waals surface area contributed by atoms with Gasteiger partial charge in [-0.3, -0.25) is 9.59 Å². The van der Waals surface area contributed by atoms with E-state index in [9.17, 15) is 9.59 Å². The summed E-state index contributed by atoms with van der Waals surface area (Å²) in [6, 6.07) is 0.176. The fourth-order valence-electron chi connectivity index (χ4n) is 4.18. The number of ether oxygens (including phenoxy) is 4. The third-order valence-electron chi connectivity index (χ3n) is 6.87. The van der Waals surface area contributed by atoms with E-state index in [2.05, 4.69) is 16.6 Å². The second kappa shape index (κ2) is 21.0. The first kappa shape index (κ1) is 31.8. The number of carbonyl (C=O) groups excluding carboxylic acids is 2. The van der Waals surface area contributed by atoms with E-state index in [-0.39, 0.29) is 18.0 Å². The highest BCUT2D eigenvalue weighted by atomic mass is 16.5. The van der Waals surface area contributed by atoms with Crippen LogP contribution < -0.4 is 0 Å². The Hall–Kier alpha value is -1.18. The largest absolute Gasteiger partial charge is 0.469 e. The van der Waals surface area contributed by atoms with Gasteiger partial charge in [0, 0.05) is 26.1 Å². The van der Waals surface area contributed by atoms with E-state index >= 15 is 0 Å². The van der Waals surface area contributed by atoms with Crippen LogP contribution in [0.3, 0.4) is 0 Å². The van der Waals surface area contributed by atoms with Crippen LogP contribution in [0, 0.1) is 11.8 Å². The Morgan fingerprint density at radius 3 is 2.11 bits per heavy atom. The molecule has 0 aromatic rings. The normalized spacial score (nSPS) is 18.0. The van der Waals surface area contributed by atoms with Crippen LogP contribution >= 0.6 is 0 Å².